The van der Waals surface area contributed by atoms with E-state index in [9.17, 15) is 18.0 Å². The number of tetrazole rings is 1. The number of aromatic nitrogens is 4. The van der Waals surface area contributed by atoms with Crippen LogP contribution in [0.3, 0.4) is 0 Å². The van der Waals surface area contributed by atoms with Crippen LogP contribution in [0.25, 0.3) is 0 Å². The lowest BCUT2D eigenvalue weighted by molar-refractivity contribution is -0.140. The van der Waals surface area contributed by atoms with Gasteiger partial charge in [0.2, 0.25) is 5.91 Å². The zero-order valence-electron chi connectivity index (χ0n) is 10.8. The van der Waals surface area contributed by atoms with Gasteiger partial charge in [-0.25, -0.2) is 4.68 Å². The van der Waals surface area contributed by atoms with Crippen molar-refractivity contribution >= 4 is 5.91 Å². The molecule has 0 aliphatic carbocycles. The standard InChI is InChI=1S/C12H12F3N5O/c13-12(14,15)7-16-11(21)10(20-8-17-18-19-20)6-9-4-2-1-3-5-9/h1-5,8,10H,6-7H2,(H,16,21). The van der Waals surface area contributed by atoms with Gasteiger partial charge in [0.15, 0.2) is 0 Å². The van der Waals surface area contributed by atoms with E-state index < -0.39 is 24.7 Å². The quantitative estimate of drug-likeness (QED) is 0.898. The van der Waals surface area contributed by atoms with Crippen molar-refractivity contribution in [1.82, 2.24) is 25.5 Å². The fraction of sp³-hybridized carbons (Fsp3) is 0.333. The highest BCUT2D eigenvalue weighted by Gasteiger charge is 2.30. The summed E-state index contributed by atoms with van der Waals surface area (Å²) in [5.74, 6) is -0.788. The molecule has 0 saturated heterocycles. The lowest BCUT2D eigenvalue weighted by atomic mass is 10.1. The number of carbonyl (C=O) groups excluding carboxylic acids is 1. The molecule has 1 aromatic heterocycles. The van der Waals surface area contributed by atoms with Gasteiger partial charge in [-0.1, -0.05) is 30.3 Å². The molecule has 1 amide bonds. The molecule has 2 rings (SSSR count). The molecule has 0 bridgehead atoms. The maximum Gasteiger partial charge on any atom is 0.405 e. The first-order valence-corrected chi connectivity index (χ1v) is 6.06. The van der Waals surface area contributed by atoms with E-state index in [1.54, 1.807) is 30.3 Å². The summed E-state index contributed by atoms with van der Waals surface area (Å²) in [5.41, 5.74) is 0.792. The Morgan fingerprint density at radius 3 is 2.57 bits per heavy atom. The van der Waals surface area contributed by atoms with Gasteiger partial charge in [0.1, 0.15) is 18.9 Å². The van der Waals surface area contributed by atoms with Crippen molar-refractivity contribution < 1.29 is 18.0 Å². The van der Waals surface area contributed by atoms with Crippen LogP contribution in [0, 0.1) is 0 Å². The Morgan fingerprint density at radius 1 is 1.29 bits per heavy atom. The number of nitrogens with zero attached hydrogens (tertiary/aromatic N) is 4. The molecule has 0 saturated carbocycles. The van der Waals surface area contributed by atoms with Crippen LogP contribution in [0.15, 0.2) is 36.7 Å². The Hall–Kier alpha value is -2.45. The van der Waals surface area contributed by atoms with E-state index in [-0.39, 0.29) is 6.42 Å². The molecule has 6 nitrogen and oxygen atoms in total. The lowest BCUT2D eigenvalue weighted by Crippen LogP contribution is -2.39. The van der Waals surface area contributed by atoms with Gasteiger partial charge in [0.05, 0.1) is 0 Å². The average molecular weight is 299 g/mol. The van der Waals surface area contributed by atoms with E-state index in [4.69, 9.17) is 0 Å². The molecule has 1 N–H and O–H groups in total. The van der Waals surface area contributed by atoms with Crippen LogP contribution >= 0.6 is 0 Å². The minimum Gasteiger partial charge on any atom is -0.345 e. The molecule has 9 heteroatoms. The van der Waals surface area contributed by atoms with Crippen molar-refractivity contribution in [3.05, 3.63) is 42.2 Å². The van der Waals surface area contributed by atoms with Gasteiger partial charge in [-0.3, -0.25) is 4.79 Å². The normalized spacial score (nSPS) is 12.9. The molecule has 1 unspecified atom stereocenters. The highest BCUT2D eigenvalue weighted by molar-refractivity contribution is 5.80. The van der Waals surface area contributed by atoms with Gasteiger partial charge in [-0.2, -0.15) is 13.2 Å². The molecule has 112 valence electrons. The third kappa shape index (κ3) is 4.55. The molecular formula is C12H12F3N5O. The smallest absolute Gasteiger partial charge is 0.345 e. The number of halogens is 3. The molecule has 21 heavy (non-hydrogen) atoms. The first kappa shape index (κ1) is 14.9. The minimum atomic E-state index is -4.46. The summed E-state index contributed by atoms with van der Waals surface area (Å²) in [6, 6.07) is 7.96. The monoisotopic (exact) mass is 299 g/mol. The van der Waals surface area contributed by atoms with E-state index in [1.807, 2.05) is 5.32 Å². The lowest BCUT2D eigenvalue weighted by Gasteiger charge is -2.17. The number of hydrogen-bond donors (Lipinski definition) is 1. The summed E-state index contributed by atoms with van der Waals surface area (Å²) < 4.78 is 37.7. The maximum absolute atomic E-state index is 12.2. The van der Waals surface area contributed by atoms with Crippen molar-refractivity contribution in [2.45, 2.75) is 18.6 Å². The summed E-state index contributed by atoms with van der Waals surface area (Å²) in [5, 5.41) is 12.3. The second-order valence-electron chi connectivity index (χ2n) is 4.33. The van der Waals surface area contributed by atoms with Crippen LogP contribution in [-0.4, -0.2) is 38.8 Å². The highest BCUT2D eigenvalue weighted by Crippen LogP contribution is 2.16. The van der Waals surface area contributed by atoms with Crippen molar-refractivity contribution in [2.24, 2.45) is 0 Å². The Labute approximate surface area is 118 Å². The van der Waals surface area contributed by atoms with E-state index in [0.29, 0.717) is 0 Å². The number of amides is 1. The number of rotatable bonds is 5. The van der Waals surface area contributed by atoms with Gasteiger partial charge in [-0.05, 0) is 16.0 Å². The summed E-state index contributed by atoms with van der Waals surface area (Å²) in [4.78, 5) is 12.0. The zero-order chi connectivity index (χ0) is 15.3. The molecular weight excluding hydrogens is 287 g/mol. The molecule has 0 fully saturated rings. The third-order valence-corrected chi connectivity index (χ3v) is 2.72. The largest absolute Gasteiger partial charge is 0.405 e. The molecule has 2 aromatic rings. The van der Waals surface area contributed by atoms with Gasteiger partial charge >= 0.3 is 6.18 Å². The van der Waals surface area contributed by atoms with Crippen molar-refractivity contribution in [1.29, 1.82) is 0 Å². The average Bonchev–Trinajstić information content (AvgIpc) is 2.96. The third-order valence-electron chi connectivity index (χ3n) is 2.72. The predicted octanol–water partition coefficient (Wildman–Crippen LogP) is 1.14. The van der Waals surface area contributed by atoms with Crippen LogP contribution in [0.4, 0.5) is 13.2 Å². The Morgan fingerprint density at radius 2 is 2.00 bits per heavy atom. The maximum atomic E-state index is 12.2. The van der Waals surface area contributed by atoms with Crippen LogP contribution in [0.1, 0.15) is 11.6 Å². The first-order valence-electron chi connectivity index (χ1n) is 6.06. The first-order chi connectivity index (χ1) is 9.96. The Bertz CT molecular complexity index is 570. The highest BCUT2D eigenvalue weighted by atomic mass is 19.4. The zero-order valence-corrected chi connectivity index (χ0v) is 10.8. The predicted molar refractivity (Wildman–Crippen MR) is 66.1 cm³/mol. The van der Waals surface area contributed by atoms with E-state index in [2.05, 4.69) is 15.5 Å². The molecule has 1 heterocycles. The molecule has 0 aliphatic heterocycles. The van der Waals surface area contributed by atoms with E-state index in [0.717, 1.165) is 10.2 Å². The van der Waals surface area contributed by atoms with Crippen LogP contribution in [0.5, 0.6) is 0 Å². The summed E-state index contributed by atoms with van der Waals surface area (Å²) in [6.07, 6.45) is -3.08. The topological polar surface area (TPSA) is 72.7 Å². The summed E-state index contributed by atoms with van der Waals surface area (Å²) in [7, 11) is 0. The van der Waals surface area contributed by atoms with E-state index >= 15 is 0 Å². The van der Waals surface area contributed by atoms with Crippen molar-refractivity contribution in [2.75, 3.05) is 6.54 Å². The van der Waals surface area contributed by atoms with Gasteiger partial charge in [-0.15, -0.1) is 5.10 Å². The fourth-order valence-corrected chi connectivity index (χ4v) is 1.76. The number of carbonyl (C=O) groups is 1. The van der Waals surface area contributed by atoms with Crippen molar-refractivity contribution in [3.8, 4) is 0 Å². The summed E-state index contributed by atoms with van der Waals surface area (Å²) >= 11 is 0. The second-order valence-corrected chi connectivity index (χ2v) is 4.33. The van der Waals surface area contributed by atoms with Crippen molar-refractivity contribution in [3.63, 3.8) is 0 Å². The molecule has 1 atom stereocenters. The fourth-order valence-electron chi connectivity index (χ4n) is 1.76. The van der Waals surface area contributed by atoms with Gasteiger partial charge in [0.25, 0.3) is 0 Å². The Kier molecular flexibility index (Phi) is 4.51. The SMILES string of the molecule is O=C(NCC(F)(F)F)C(Cc1ccccc1)n1cnnn1. The van der Waals surface area contributed by atoms with Gasteiger partial charge in [0, 0.05) is 6.42 Å². The summed E-state index contributed by atoms with van der Waals surface area (Å²) in [6.45, 7) is -1.39. The van der Waals surface area contributed by atoms with Crippen LogP contribution in [0.2, 0.25) is 0 Å². The molecule has 0 spiro atoms. The Balaban J connectivity index is 2.11. The van der Waals surface area contributed by atoms with E-state index in [1.165, 1.54) is 6.33 Å². The van der Waals surface area contributed by atoms with Gasteiger partial charge < -0.3 is 5.32 Å². The van der Waals surface area contributed by atoms with Crippen LogP contribution in [-0.2, 0) is 11.2 Å². The molecule has 0 radical (unpaired) electrons. The number of benzene rings is 1. The number of nitrogens with one attached hydrogen (secondary N) is 1. The molecule has 1 aromatic carbocycles. The molecule has 0 aliphatic rings. The minimum absolute atomic E-state index is 0.190. The number of alkyl halides is 3. The number of hydrogen-bond acceptors (Lipinski definition) is 4. The van der Waals surface area contributed by atoms with Crippen LogP contribution < -0.4 is 5.32 Å². The second kappa shape index (κ2) is 6.33.